The molecule has 1 N–H and O–H groups in total. The lowest BCUT2D eigenvalue weighted by Crippen LogP contribution is -2.06. The molecule has 3 aromatic carbocycles. The lowest BCUT2D eigenvalue weighted by Gasteiger charge is -2.14. The number of Topliss-reactive ketones (excluding diaryl/α,β-unsaturated/α-hetero) is 1. The Bertz CT molecular complexity index is 1420. The van der Waals surface area contributed by atoms with E-state index in [2.05, 4.69) is 28.5 Å². The van der Waals surface area contributed by atoms with Crippen LogP contribution in [-0.2, 0) is 6.54 Å². The standard InChI is InChI=1S/C28H22N4O/c1-19(33)20-13-15-22(16-14-20)27-31-25-12-7-11-24(21-8-3-2-4-9-21)26(25)28(32-27)30-18-23-10-5-6-17-29-23/h2-17H,18H2,1H3,(H,30,31,32). The van der Waals surface area contributed by atoms with Crippen LogP contribution < -0.4 is 5.32 Å². The number of hydrogen-bond donors (Lipinski definition) is 1. The summed E-state index contributed by atoms with van der Waals surface area (Å²) in [5.41, 5.74) is 5.46. The summed E-state index contributed by atoms with van der Waals surface area (Å²) < 4.78 is 0. The number of carbonyl (C=O) groups is 1. The van der Waals surface area contributed by atoms with Crippen LogP contribution in [0.25, 0.3) is 33.4 Å². The van der Waals surface area contributed by atoms with Crippen LogP contribution in [0.3, 0.4) is 0 Å². The van der Waals surface area contributed by atoms with E-state index in [1.165, 1.54) is 0 Å². The highest BCUT2D eigenvalue weighted by molar-refractivity contribution is 6.02. The van der Waals surface area contributed by atoms with Crippen molar-refractivity contribution >= 4 is 22.5 Å². The highest BCUT2D eigenvalue weighted by Gasteiger charge is 2.14. The molecule has 33 heavy (non-hydrogen) atoms. The lowest BCUT2D eigenvalue weighted by molar-refractivity contribution is 0.101. The first-order chi connectivity index (χ1) is 16.2. The number of fused-ring (bicyclic) bond motifs is 1. The van der Waals surface area contributed by atoms with Crippen molar-refractivity contribution in [2.45, 2.75) is 13.5 Å². The van der Waals surface area contributed by atoms with E-state index < -0.39 is 0 Å². The SMILES string of the molecule is CC(=O)c1ccc(-c2nc(NCc3ccccn3)c3c(-c4ccccc4)cccc3n2)cc1. The first-order valence-corrected chi connectivity index (χ1v) is 10.8. The van der Waals surface area contributed by atoms with Crippen LogP contribution in [0.15, 0.2) is 97.2 Å². The van der Waals surface area contributed by atoms with Gasteiger partial charge in [0.05, 0.1) is 23.1 Å². The fourth-order valence-corrected chi connectivity index (χ4v) is 3.83. The van der Waals surface area contributed by atoms with Crippen molar-refractivity contribution < 1.29 is 4.79 Å². The van der Waals surface area contributed by atoms with Gasteiger partial charge in [0, 0.05) is 17.3 Å². The van der Waals surface area contributed by atoms with E-state index in [1.54, 1.807) is 13.1 Å². The highest BCUT2D eigenvalue weighted by atomic mass is 16.1. The van der Waals surface area contributed by atoms with Crippen LogP contribution in [0.1, 0.15) is 23.0 Å². The average molecular weight is 431 g/mol. The zero-order chi connectivity index (χ0) is 22.6. The van der Waals surface area contributed by atoms with E-state index in [4.69, 9.17) is 9.97 Å². The molecule has 0 bridgehead atoms. The largest absolute Gasteiger partial charge is 0.364 e. The van der Waals surface area contributed by atoms with E-state index in [9.17, 15) is 4.79 Å². The quantitative estimate of drug-likeness (QED) is 0.326. The van der Waals surface area contributed by atoms with Gasteiger partial charge in [0.25, 0.3) is 0 Å². The van der Waals surface area contributed by atoms with Gasteiger partial charge in [0.15, 0.2) is 11.6 Å². The predicted molar refractivity (Wildman–Crippen MR) is 132 cm³/mol. The lowest BCUT2D eigenvalue weighted by atomic mass is 10.0. The Labute approximate surface area is 192 Å². The summed E-state index contributed by atoms with van der Waals surface area (Å²) in [7, 11) is 0. The maximum atomic E-state index is 11.7. The van der Waals surface area contributed by atoms with E-state index in [0.29, 0.717) is 17.9 Å². The van der Waals surface area contributed by atoms with Gasteiger partial charge < -0.3 is 5.32 Å². The second kappa shape index (κ2) is 9.01. The molecule has 0 fully saturated rings. The number of benzene rings is 3. The summed E-state index contributed by atoms with van der Waals surface area (Å²) in [6.45, 7) is 2.10. The van der Waals surface area contributed by atoms with Gasteiger partial charge in [-0.25, -0.2) is 9.97 Å². The van der Waals surface area contributed by atoms with Crippen molar-refractivity contribution in [2.24, 2.45) is 0 Å². The predicted octanol–water partition coefficient (Wildman–Crippen LogP) is 6.17. The summed E-state index contributed by atoms with van der Waals surface area (Å²) in [6.07, 6.45) is 1.78. The second-order valence-electron chi connectivity index (χ2n) is 7.77. The molecule has 0 spiro atoms. The van der Waals surface area contributed by atoms with Crippen molar-refractivity contribution in [1.29, 1.82) is 0 Å². The van der Waals surface area contributed by atoms with Gasteiger partial charge >= 0.3 is 0 Å². The molecule has 160 valence electrons. The number of pyridine rings is 1. The minimum absolute atomic E-state index is 0.0335. The molecule has 0 aliphatic carbocycles. The third kappa shape index (κ3) is 4.34. The van der Waals surface area contributed by atoms with Crippen LogP contribution in [0.4, 0.5) is 5.82 Å². The number of ketones is 1. The zero-order valence-electron chi connectivity index (χ0n) is 18.2. The van der Waals surface area contributed by atoms with E-state index in [0.717, 1.165) is 39.1 Å². The van der Waals surface area contributed by atoms with Crippen LogP contribution in [0, 0.1) is 0 Å². The molecule has 5 aromatic rings. The Hall–Kier alpha value is -4.38. The third-order valence-corrected chi connectivity index (χ3v) is 5.52. The van der Waals surface area contributed by atoms with Gasteiger partial charge in [0.2, 0.25) is 0 Å². The summed E-state index contributed by atoms with van der Waals surface area (Å²) in [5.74, 6) is 1.38. The molecule has 2 heterocycles. The van der Waals surface area contributed by atoms with Crippen LogP contribution >= 0.6 is 0 Å². The van der Waals surface area contributed by atoms with Gasteiger partial charge in [-0.2, -0.15) is 0 Å². The number of hydrogen-bond acceptors (Lipinski definition) is 5. The molecule has 0 unspecified atom stereocenters. The molecule has 0 radical (unpaired) electrons. The van der Waals surface area contributed by atoms with Crippen molar-refractivity contribution in [3.63, 3.8) is 0 Å². The van der Waals surface area contributed by atoms with Crippen molar-refractivity contribution in [3.8, 4) is 22.5 Å². The van der Waals surface area contributed by atoms with Gasteiger partial charge in [0.1, 0.15) is 5.82 Å². The molecule has 0 atom stereocenters. The molecule has 2 aromatic heterocycles. The molecule has 5 heteroatoms. The monoisotopic (exact) mass is 430 g/mol. The van der Waals surface area contributed by atoms with Crippen LogP contribution in [0.2, 0.25) is 0 Å². The number of nitrogens with zero attached hydrogens (tertiary/aromatic N) is 3. The van der Waals surface area contributed by atoms with Crippen LogP contribution in [-0.4, -0.2) is 20.7 Å². The van der Waals surface area contributed by atoms with Gasteiger partial charge in [-0.3, -0.25) is 9.78 Å². The summed E-state index contributed by atoms with van der Waals surface area (Å²) in [6, 6.07) is 29.6. The minimum Gasteiger partial charge on any atom is -0.364 e. The van der Waals surface area contributed by atoms with E-state index >= 15 is 0 Å². The Morgan fingerprint density at radius 3 is 2.30 bits per heavy atom. The number of carbonyl (C=O) groups excluding carboxylic acids is 1. The van der Waals surface area contributed by atoms with Crippen LogP contribution in [0.5, 0.6) is 0 Å². The molecule has 0 amide bonds. The average Bonchev–Trinajstić information content (AvgIpc) is 2.88. The maximum Gasteiger partial charge on any atom is 0.162 e. The van der Waals surface area contributed by atoms with Crippen molar-refractivity contribution in [3.05, 3.63) is 108 Å². The molecule has 5 nitrogen and oxygen atoms in total. The fourth-order valence-electron chi connectivity index (χ4n) is 3.83. The maximum absolute atomic E-state index is 11.7. The number of nitrogens with one attached hydrogen (secondary N) is 1. The highest BCUT2D eigenvalue weighted by Crippen LogP contribution is 2.34. The summed E-state index contributed by atoms with van der Waals surface area (Å²) >= 11 is 0. The molecule has 0 aliphatic rings. The Morgan fingerprint density at radius 1 is 0.788 bits per heavy atom. The van der Waals surface area contributed by atoms with Gasteiger partial charge in [-0.1, -0.05) is 72.8 Å². The Morgan fingerprint density at radius 2 is 1.58 bits per heavy atom. The zero-order valence-corrected chi connectivity index (χ0v) is 18.2. The first-order valence-electron chi connectivity index (χ1n) is 10.8. The number of aromatic nitrogens is 3. The number of anilines is 1. The second-order valence-corrected chi connectivity index (χ2v) is 7.77. The van der Waals surface area contributed by atoms with Gasteiger partial charge in [-0.05, 0) is 36.2 Å². The summed E-state index contributed by atoms with van der Waals surface area (Å²) in [4.78, 5) is 25.9. The molecule has 0 saturated heterocycles. The minimum atomic E-state index is 0.0335. The topological polar surface area (TPSA) is 67.8 Å². The van der Waals surface area contributed by atoms with Gasteiger partial charge in [-0.15, -0.1) is 0 Å². The van der Waals surface area contributed by atoms with E-state index in [1.807, 2.05) is 72.8 Å². The van der Waals surface area contributed by atoms with Crippen molar-refractivity contribution in [2.75, 3.05) is 5.32 Å². The van der Waals surface area contributed by atoms with E-state index in [-0.39, 0.29) is 5.78 Å². The normalized spacial score (nSPS) is 10.8. The molecule has 0 saturated carbocycles. The fraction of sp³-hybridized carbons (Fsp3) is 0.0714. The third-order valence-electron chi connectivity index (χ3n) is 5.52. The Balaban J connectivity index is 1.65. The molecular formula is C28H22N4O. The van der Waals surface area contributed by atoms with Crippen molar-refractivity contribution in [1.82, 2.24) is 15.0 Å². The smallest absolute Gasteiger partial charge is 0.162 e. The first kappa shape index (κ1) is 20.5. The molecular weight excluding hydrogens is 408 g/mol. The summed E-state index contributed by atoms with van der Waals surface area (Å²) in [5, 5.41) is 4.45. The molecule has 0 aliphatic heterocycles. The molecule has 5 rings (SSSR count). The number of rotatable bonds is 6. The Kier molecular flexibility index (Phi) is 5.60.